The molecule has 6 rings (SSSR count). The molecule has 0 radical (unpaired) electrons. The first-order valence-corrected chi connectivity index (χ1v) is 15.5. The number of imide groups is 1. The Morgan fingerprint density at radius 3 is 2.41 bits per heavy atom. The second-order valence-electron chi connectivity index (χ2n) is 9.98. The van der Waals surface area contributed by atoms with Crippen LogP contribution in [0.1, 0.15) is 49.5 Å². The molecule has 3 N–H and O–H groups in total. The number of benzene rings is 2. The van der Waals surface area contributed by atoms with Crippen molar-refractivity contribution in [2.75, 3.05) is 36.0 Å². The molecule has 212 valence electrons. The van der Waals surface area contributed by atoms with Crippen molar-refractivity contribution < 1.29 is 22.8 Å². The Balaban J connectivity index is 1.05. The van der Waals surface area contributed by atoms with Gasteiger partial charge in [0.2, 0.25) is 16.0 Å². The van der Waals surface area contributed by atoms with Gasteiger partial charge < -0.3 is 16.0 Å². The fourth-order valence-corrected chi connectivity index (χ4v) is 7.00. The average Bonchev–Trinajstić information content (AvgIpc) is 3.47. The van der Waals surface area contributed by atoms with Crippen molar-refractivity contribution >= 4 is 61.1 Å². The molecule has 4 heterocycles. The number of anilines is 3. The molecule has 14 heteroatoms. The van der Waals surface area contributed by atoms with Crippen LogP contribution in [-0.2, 0) is 16.6 Å². The number of rotatable bonds is 8. The van der Waals surface area contributed by atoms with E-state index in [1.165, 1.54) is 4.31 Å². The molecular weight excluding hydrogens is 614 g/mol. The van der Waals surface area contributed by atoms with Crippen LogP contribution >= 0.6 is 15.9 Å². The van der Waals surface area contributed by atoms with Crippen molar-refractivity contribution in [2.45, 2.75) is 25.4 Å². The molecule has 3 aliphatic heterocycles. The van der Waals surface area contributed by atoms with Crippen molar-refractivity contribution in [1.29, 1.82) is 0 Å². The molecule has 0 unspecified atom stereocenters. The molecular formula is C27H26BrN7O5S. The molecule has 2 aromatic carbocycles. The van der Waals surface area contributed by atoms with Crippen LogP contribution < -0.4 is 16.0 Å². The lowest BCUT2D eigenvalue weighted by Gasteiger charge is -2.32. The predicted molar refractivity (Wildman–Crippen MR) is 154 cm³/mol. The molecule has 1 fully saturated rings. The molecule has 0 bridgehead atoms. The van der Waals surface area contributed by atoms with E-state index < -0.39 is 21.8 Å². The Morgan fingerprint density at radius 1 is 1.00 bits per heavy atom. The summed E-state index contributed by atoms with van der Waals surface area (Å²) >= 11 is 3.46. The van der Waals surface area contributed by atoms with Gasteiger partial charge in [0.1, 0.15) is 5.82 Å². The molecule has 0 spiro atoms. The first-order valence-electron chi connectivity index (χ1n) is 13.1. The third-order valence-electron chi connectivity index (χ3n) is 7.45. The number of amides is 3. The van der Waals surface area contributed by atoms with E-state index in [0.29, 0.717) is 58.0 Å². The van der Waals surface area contributed by atoms with Gasteiger partial charge in [-0.25, -0.2) is 17.7 Å². The highest BCUT2D eigenvalue weighted by Crippen LogP contribution is 2.30. The van der Waals surface area contributed by atoms with Crippen LogP contribution in [0.15, 0.2) is 53.1 Å². The third-order valence-corrected chi connectivity index (χ3v) is 9.88. The van der Waals surface area contributed by atoms with E-state index in [0.717, 1.165) is 10.5 Å². The summed E-state index contributed by atoms with van der Waals surface area (Å²) in [6.07, 6.45) is 2.67. The number of sulfonamides is 1. The zero-order valence-electron chi connectivity index (χ0n) is 21.8. The van der Waals surface area contributed by atoms with Gasteiger partial charge in [-0.3, -0.25) is 19.3 Å². The van der Waals surface area contributed by atoms with E-state index in [2.05, 4.69) is 41.8 Å². The van der Waals surface area contributed by atoms with E-state index in [1.54, 1.807) is 30.5 Å². The van der Waals surface area contributed by atoms with E-state index in [4.69, 9.17) is 0 Å². The average molecular weight is 641 g/mol. The topological polar surface area (TPSA) is 154 Å². The minimum absolute atomic E-state index is 0.0570. The molecule has 3 amide bonds. The van der Waals surface area contributed by atoms with Gasteiger partial charge in [-0.2, -0.15) is 4.98 Å². The Hall–Kier alpha value is -3.88. The minimum atomic E-state index is -3.68. The molecule has 12 nitrogen and oxygen atoms in total. The van der Waals surface area contributed by atoms with Crippen LogP contribution in [-0.4, -0.2) is 76.7 Å². The molecule has 0 saturated carbocycles. The molecule has 1 aromatic heterocycles. The molecule has 0 atom stereocenters. The van der Waals surface area contributed by atoms with Crippen LogP contribution in [0.2, 0.25) is 0 Å². The Labute approximate surface area is 244 Å². The monoisotopic (exact) mass is 639 g/mol. The van der Waals surface area contributed by atoms with Crippen molar-refractivity contribution in [3.63, 3.8) is 0 Å². The maximum absolute atomic E-state index is 13.0. The standard InChI is InChI=1S/C27H26BrN7O5S/c28-20-15-30-27(33-23(20)32-21-7-3-4-16-14-29-24(36)22(16)21)31-17-8-10-34(11-9-17)41(39,40)13-12-35-25(37)18-5-1-2-6-19(18)26(35)38/h1-7,15,17H,8-14H2,(H,29,36)(H2,30,31,32,33). The predicted octanol–water partition coefficient (Wildman–Crippen LogP) is 2.73. The molecule has 3 aromatic rings. The summed E-state index contributed by atoms with van der Waals surface area (Å²) in [5.74, 6) is -0.540. The van der Waals surface area contributed by atoms with E-state index >= 15 is 0 Å². The molecule has 1 saturated heterocycles. The zero-order chi connectivity index (χ0) is 28.7. The summed E-state index contributed by atoms with van der Waals surface area (Å²) in [6.45, 7) is 0.865. The number of hydrogen-bond donors (Lipinski definition) is 3. The lowest BCUT2D eigenvalue weighted by atomic mass is 10.1. The third kappa shape index (κ3) is 5.29. The number of fused-ring (bicyclic) bond motifs is 2. The van der Waals surface area contributed by atoms with Crippen LogP contribution in [0, 0.1) is 0 Å². The Morgan fingerprint density at radius 2 is 1.71 bits per heavy atom. The van der Waals surface area contributed by atoms with Crippen molar-refractivity contribution in [1.82, 2.24) is 24.5 Å². The highest BCUT2D eigenvalue weighted by Gasteiger charge is 2.37. The summed E-state index contributed by atoms with van der Waals surface area (Å²) in [6, 6.07) is 12.0. The fourth-order valence-electron chi connectivity index (χ4n) is 5.27. The van der Waals surface area contributed by atoms with Gasteiger partial charge in [0.15, 0.2) is 0 Å². The number of carbonyl (C=O) groups is 3. The van der Waals surface area contributed by atoms with Gasteiger partial charge in [0.25, 0.3) is 17.7 Å². The van der Waals surface area contributed by atoms with E-state index in [9.17, 15) is 22.8 Å². The van der Waals surface area contributed by atoms with Crippen LogP contribution in [0.3, 0.4) is 0 Å². The largest absolute Gasteiger partial charge is 0.351 e. The van der Waals surface area contributed by atoms with Gasteiger partial charge in [0.05, 0.1) is 32.6 Å². The minimum Gasteiger partial charge on any atom is -0.351 e. The normalized spacial score (nSPS) is 17.4. The SMILES string of the molecule is O=C1NCc2cccc(Nc3nc(NC4CCN(S(=O)(=O)CCN5C(=O)c6ccccc6C5=O)CC4)ncc3Br)c21. The summed E-state index contributed by atoms with van der Waals surface area (Å²) in [7, 11) is -3.68. The van der Waals surface area contributed by atoms with Crippen molar-refractivity contribution in [2.24, 2.45) is 0 Å². The molecule has 0 aliphatic carbocycles. The Kier molecular flexibility index (Phi) is 7.21. The van der Waals surface area contributed by atoms with Gasteiger partial charge in [-0.05, 0) is 52.5 Å². The summed E-state index contributed by atoms with van der Waals surface area (Å²) < 4.78 is 28.1. The number of aromatic nitrogens is 2. The first-order chi connectivity index (χ1) is 19.7. The van der Waals surface area contributed by atoms with Gasteiger partial charge >= 0.3 is 0 Å². The van der Waals surface area contributed by atoms with Gasteiger partial charge in [-0.15, -0.1) is 0 Å². The summed E-state index contributed by atoms with van der Waals surface area (Å²) in [5.41, 5.74) is 2.74. The van der Waals surface area contributed by atoms with Crippen LogP contribution in [0.5, 0.6) is 0 Å². The van der Waals surface area contributed by atoms with E-state index in [-0.39, 0.29) is 37.3 Å². The number of nitrogens with zero attached hydrogens (tertiary/aromatic N) is 4. The maximum atomic E-state index is 13.0. The van der Waals surface area contributed by atoms with Gasteiger partial charge in [0, 0.05) is 38.4 Å². The second-order valence-corrected chi connectivity index (χ2v) is 12.9. The number of halogens is 1. The highest BCUT2D eigenvalue weighted by atomic mass is 79.9. The Bertz CT molecular complexity index is 1640. The fraction of sp³-hybridized carbons (Fsp3) is 0.296. The van der Waals surface area contributed by atoms with Crippen molar-refractivity contribution in [3.05, 3.63) is 75.4 Å². The number of carbonyl (C=O) groups excluding carboxylic acids is 3. The van der Waals surface area contributed by atoms with Crippen LogP contribution in [0.4, 0.5) is 17.5 Å². The van der Waals surface area contributed by atoms with E-state index in [1.807, 2.05) is 18.2 Å². The van der Waals surface area contributed by atoms with Gasteiger partial charge in [-0.1, -0.05) is 24.3 Å². The number of nitrogens with one attached hydrogen (secondary N) is 3. The maximum Gasteiger partial charge on any atom is 0.261 e. The smallest absolute Gasteiger partial charge is 0.261 e. The van der Waals surface area contributed by atoms with Crippen LogP contribution in [0.25, 0.3) is 0 Å². The first kappa shape index (κ1) is 27.3. The lowest BCUT2D eigenvalue weighted by Crippen LogP contribution is -2.45. The summed E-state index contributed by atoms with van der Waals surface area (Å²) in [5, 5.41) is 9.32. The quantitative estimate of drug-likeness (QED) is 0.316. The number of piperidine rings is 1. The second kappa shape index (κ2) is 10.8. The zero-order valence-corrected chi connectivity index (χ0v) is 24.2. The molecule has 3 aliphatic rings. The highest BCUT2D eigenvalue weighted by molar-refractivity contribution is 9.10. The van der Waals surface area contributed by atoms with Crippen molar-refractivity contribution in [3.8, 4) is 0 Å². The summed E-state index contributed by atoms with van der Waals surface area (Å²) in [4.78, 5) is 47.4. The number of hydrogen-bond acceptors (Lipinski definition) is 9. The lowest BCUT2D eigenvalue weighted by molar-refractivity contribution is 0.0663. The molecule has 41 heavy (non-hydrogen) atoms.